The third kappa shape index (κ3) is 16.3. The summed E-state index contributed by atoms with van der Waals surface area (Å²) in [5.41, 5.74) is 15.6. The topological polar surface area (TPSA) is 188 Å². The van der Waals surface area contributed by atoms with Gasteiger partial charge in [-0.25, -0.2) is 4.79 Å². The molecule has 3 saturated heterocycles. The highest BCUT2D eigenvalue weighted by Crippen LogP contribution is 2.40. The number of fused-ring (bicyclic) bond motifs is 3. The van der Waals surface area contributed by atoms with E-state index < -0.39 is 79.7 Å². The first kappa shape index (κ1) is 60.6. The van der Waals surface area contributed by atoms with Gasteiger partial charge in [-0.2, -0.15) is 0 Å². The highest BCUT2D eigenvalue weighted by molar-refractivity contribution is 5.83. The summed E-state index contributed by atoms with van der Waals surface area (Å²) in [6, 6.07) is 66.0. The highest BCUT2D eigenvalue weighted by atomic mass is 16.8. The minimum absolute atomic E-state index is 0.0203. The largest absolute Gasteiger partial charge is 0.459 e. The van der Waals surface area contributed by atoms with E-state index >= 15 is 0 Å². The smallest absolute Gasteiger partial charge is 0.410 e. The third-order valence-corrected chi connectivity index (χ3v) is 15.7. The van der Waals surface area contributed by atoms with Crippen LogP contribution < -0.4 is 0 Å². The van der Waals surface area contributed by atoms with E-state index in [1.54, 1.807) is 4.90 Å². The zero-order chi connectivity index (χ0) is 59.6. The molecule has 0 saturated carbocycles. The van der Waals surface area contributed by atoms with Crippen LogP contribution in [0.2, 0.25) is 0 Å². The summed E-state index contributed by atoms with van der Waals surface area (Å²) in [5, 5.41) is 8.47. The van der Waals surface area contributed by atoms with Crippen LogP contribution in [0.3, 0.4) is 0 Å². The SMILES string of the molecule is CC(=O)O[C@@H]1[C@@H](N=[N+]=[N-])[C@@H](O[C@@H]2[C@H](OCc3ccc4ccccc4c3)[C@@H](OCc3ccc4ccccc4c3)[C@@H](OCCCCCN(Cc3ccccc3)C(=O)OCc3ccccc3)O[C@@H]2COCc2ccccc2)O[C@@H]2CO[C@H](c3ccccc3)O[C@H]12. The van der Waals surface area contributed by atoms with Crippen LogP contribution in [0.1, 0.15) is 65.9 Å². The molecule has 87 heavy (non-hydrogen) atoms. The Kier molecular flexibility index (Phi) is 21.3. The second kappa shape index (κ2) is 30.5. The number of rotatable bonds is 26. The molecule has 8 aromatic rings. The average Bonchev–Trinajstić information content (AvgIpc) is 1.15. The van der Waals surface area contributed by atoms with Gasteiger partial charge in [0.2, 0.25) is 0 Å². The Labute approximate surface area is 506 Å². The Morgan fingerprint density at radius 1 is 0.563 bits per heavy atom. The van der Waals surface area contributed by atoms with Crippen molar-refractivity contribution in [3.05, 3.63) is 250 Å². The molecular weight excluding hydrogens is 1100 g/mol. The second-order valence-corrected chi connectivity index (χ2v) is 21.9. The summed E-state index contributed by atoms with van der Waals surface area (Å²) in [4.78, 5) is 31.7. The molecule has 0 bridgehead atoms. The van der Waals surface area contributed by atoms with Crippen LogP contribution in [0.25, 0.3) is 32.0 Å². The maximum atomic E-state index is 13.7. The molecular formula is C70H72N4O13. The van der Waals surface area contributed by atoms with Gasteiger partial charge >= 0.3 is 12.1 Å². The van der Waals surface area contributed by atoms with Crippen molar-refractivity contribution in [1.29, 1.82) is 0 Å². The molecule has 0 radical (unpaired) electrons. The quantitative estimate of drug-likeness (QED) is 0.0164. The van der Waals surface area contributed by atoms with Crippen molar-refractivity contribution in [2.45, 2.75) is 127 Å². The van der Waals surface area contributed by atoms with Crippen LogP contribution in [0.4, 0.5) is 4.79 Å². The molecule has 1 amide bonds. The average molecular weight is 1180 g/mol. The summed E-state index contributed by atoms with van der Waals surface area (Å²) in [6.07, 6.45) is -8.60. The second-order valence-electron chi connectivity index (χ2n) is 21.9. The first-order valence-electron chi connectivity index (χ1n) is 29.7. The van der Waals surface area contributed by atoms with E-state index in [2.05, 4.69) is 58.6 Å². The highest BCUT2D eigenvalue weighted by Gasteiger charge is 2.56. The number of amides is 1. The van der Waals surface area contributed by atoms with Crippen LogP contribution in [0.5, 0.6) is 0 Å². The predicted octanol–water partition coefficient (Wildman–Crippen LogP) is 13.3. The summed E-state index contributed by atoms with van der Waals surface area (Å²) in [6.45, 7) is 3.03. The van der Waals surface area contributed by atoms with Gasteiger partial charge in [0.15, 0.2) is 18.9 Å². The molecule has 0 spiro atoms. The molecule has 11 atom stereocenters. The standard InChI is InChI=1S/C70H72N4O13/c1-48(75)83-64-61(72-73-71)68(84-60-47-81-67(86-62(60)64)56-29-13-5-14-30-56)87-63-59(46-77-42-50-23-9-3-10-24-50)85-69(78-38-20-6-19-37-74(41-49-21-7-2-8-22-49)70(76)82-43-51-25-11-4-12-26-51)66(80-45-53-34-36-55-28-16-18-32-58(55)40-53)65(63)79-44-52-33-35-54-27-15-17-31-57(54)39-52/h2-5,7-18,21-36,39-40,59-69H,6,19-20,37-38,41-47H2,1H3/t59-,60-,61-,62+,63+,64-,65+,66-,67+,68-,69+/m1/s1. The molecule has 0 N–H and O–H groups in total. The zero-order valence-electron chi connectivity index (χ0n) is 48.6. The van der Waals surface area contributed by atoms with Gasteiger partial charge in [0.25, 0.3) is 0 Å². The number of hydrogen-bond acceptors (Lipinski definition) is 14. The molecule has 17 nitrogen and oxygen atoms in total. The summed E-state index contributed by atoms with van der Waals surface area (Å²) < 4.78 is 73.5. The van der Waals surface area contributed by atoms with Gasteiger partial charge in [-0.15, -0.1) is 0 Å². The van der Waals surface area contributed by atoms with Crippen LogP contribution in [-0.2, 0) is 89.9 Å². The minimum Gasteiger partial charge on any atom is -0.459 e. The van der Waals surface area contributed by atoms with E-state index in [0.29, 0.717) is 32.4 Å². The normalized spacial score (nSPS) is 23.5. The van der Waals surface area contributed by atoms with Crippen LogP contribution in [-0.4, -0.2) is 105 Å². The molecule has 3 heterocycles. The number of carbonyl (C=O) groups is 2. The molecule has 0 unspecified atom stereocenters. The Hall–Kier alpha value is -8.03. The Morgan fingerprint density at radius 2 is 1.15 bits per heavy atom. The van der Waals surface area contributed by atoms with E-state index in [4.69, 9.17) is 52.1 Å². The van der Waals surface area contributed by atoms with Gasteiger partial charge in [0, 0.05) is 37.1 Å². The van der Waals surface area contributed by atoms with E-state index in [1.165, 1.54) is 6.92 Å². The van der Waals surface area contributed by atoms with E-state index in [-0.39, 0.29) is 46.2 Å². The lowest BCUT2D eigenvalue weighted by molar-refractivity contribution is -0.376. The summed E-state index contributed by atoms with van der Waals surface area (Å²) in [7, 11) is 0. The van der Waals surface area contributed by atoms with Gasteiger partial charge in [-0.05, 0) is 86.3 Å². The molecule has 3 fully saturated rings. The maximum Gasteiger partial charge on any atom is 0.410 e. The van der Waals surface area contributed by atoms with Gasteiger partial charge in [0.05, 0.1) is 33.0 Å². The number of nitrogens with zero attached hydrogens (tertiary/aromatic N) is 4. The molecule has 0 aromatic heterocycles. The first-order chi connectivity index (χ1) is 42.8. The van der Waals surface area contributed by atoms with E-state index in [1.807, 2.05) is 158 Å². The molecule has 0 aliphatic carbocycles. The Balaban J connectivity index is 0.897. The lowest BCUT2D eigenvalue weighted by atomic mass is 9.94. The number of unbranched alkanes of at least 4 members (excludes halogenated alkanes) is 2. The molecule has 3 aliphatic rings. The summed E-state index contributed by atoms with van der Waals surface area (Å²) >= 11 is 0. The van der Waals surface area contributed by atoms with Gasteiger partial charge in [-0.3, -0.25) is 4.79 Å². The number of benzene rings is 8. The zero-order valence-corrected chi connectivity index (χ0v) is 48.6. The van der Waals surface area contributed by atoms with Crippen molar-refractivity contribution in [3.63, 3.8) is 0 Å². The van der Waals surface area contributed by atoms with Crippen molar-refractivity contribution in [3.8, 4) is 0 Å². The molecule has 8 aromatic carbocycles. The monoisotopic (exact) mass is 1180 g/mol. The Morgan fingerprint density at radius 3 is 1.78 bits per heavy atom. The molecule has 450 valence electrons. The fraction of sp³-hybridized carbons (Fsp3) is 0.343. The lowest BCUT2D eigenvalue weighted by Gasteiger charge is -2.50. The van der Waals surface area contributed by atoms with Crippen molar-refractivity contribution < 1.29 is 61.7 Å². The first-order valence-corrected chi connectivity index (χ1v) is 29.7. The fourth-order valence-corrected chi connectivity index (χ4v) is 11.3. The van der Waals surface area contributed by atoms with Gasteiger partial charge < -0.3 is 57.0 Å². The molecule has 3 aliphatic heterocycles. The van der Waals surface area contributed by atoms with E-state index in [0.717, 1.165) is 54.9 Å². The summed E-state index contributed by atoms with van der Waals surface area (Å²) in [5.74, 6) is -0.623. The maximum absolute atomic E-state index is 13.7. The number of hydrogen-bond donors (Lipinski definition) is 0. The number of ether oxygens (including phenoxy) is 11. The minimum atomic E-state index is -1.38. The number of esters is 1. The van der Waals surface area contributed by atoms with Crippen molar-refractivity contribution in [2.24, 2.45) is 5.11 Å². The van der Waals surface area contributed by atoms with Crippen molar-refractivity contribution in [1.82, 2.24) is 4.90 Å². The van der Waals surface area contributed by atoms with Crippen LogP contribution in [0.15, 0.2) is 211 Å². The van der Waals surface area contributed by atoms with Gasteiger partial charge in [0.1, 0.15) is 55.4 Å². The van der Waals surface area contributed by atoms with Crippen LogP contribution in [0, 0.1) is 0 Å². The number of azide groups is 1. The Bertz CT molecular complexity index is 3510. The number of carbonyl (C=O) groups excluding carboxylic acids is 2. The van der Waals surface area contributed by atoms with Crippen molar-refractivity contribution >= 4 is 33.6 Å². The molecule has 11 rings (SSSR count). The molecule has 17 heteroatoms. The van der Waals surface area contributed by atoms with Gasteiger partial charge in [-0.1, -0.05) is 199 Å². The van der Waals surface area contributed by atoms with Crippen LogP contribution >= 0.6 is 0 Å². The predicted molar refractivity (Wildman–Crippen MR) is 325 cm³/mol. The van der Waals surface area contributed by atoms with E-state index in [9.17, 15) is 15.1 Å². The lowest BCUT2D eigenvalue weighted by Crippen LogP contribution is -2.66. The van der Waals surface area contributed by atoms with Crippen molar-refractivity contribution in [2.75, 3.05) is 26.4 Å². The fourth-order valence-electron chi connectivity index (χ4n) is 11.3. The third-order valence-electron chi connectivity index (χ3n) is 15.7.